The molecule has 1 unspecified atom stereocenters. The molecule has 7 nitrogen and oxygen atoms in total. The average molecular weight is 317 g/mol. The van der Waals surface area contributed by atoms with Crippen molar-refractivity contribution in [3.8, 4) is 0 Å². The molecule has 2 heterocycles. The van der Waals surface area contributed by atoms with Crippen molar-refractivity contribution in [3.63, 3.8) is 0 Å². The van der Waals surface area contributed by atoms with Crippen LogP contribution in [-0.4, -0.2) is 34.6 Å². The summed E-state index contributed by atoms with van der Waals surface area (Å²) in [7, 11) is 0. The molecule has 2 aliphatic rings. The standard InChI is InChI=1S/C14H13N3O4.C2H6/c15-6-7-2-1-3-8-11(7)14(21)17(13(8)20)9-4-5-10(18)16-12(9)19;1-2/h1-3,9H,4-6,15H2,(H,16,18,19);1-2H3. The maximum atomic E-state index is 12.5. The first-order chi connectivity index (χ1) is 11.0. The van der Waals surface area contributed by atoms with Crippen molar-refractivity contribution in [3.05, 3.63) is 34.9 Å². The number of benzene rings is 1. The van der Waals surface area contributed by atoms with Crippen LogP contribution in [0, 0.1) is 0 Å². The van der Waals surface area contributed by atoms with Gasteiger partial charge in [0.15, 0.2) is 0 Å². The van der Waals surface area contributed by atoms with Crippen molar-refractivity contribution in [2.75, 3.05) is 0 Å². The number of rotatable bonds is 2. The van der Waals surface area contributed by atoms with Gasteiger partial charge in [0.05, 0.1) is 11.1 Å². The van der Waals surface area contributed by atoms with Crippen LogP contribution < -0.4 is 11.1 Å². The molecule has 0 spiro atoms. The van der Waals surface area contributed by atoms with Gasteiger partial charge in [0.2, 0.25) is 11.8 Å². The van der Waals surface area contributed by atoms with Gasteiger partial charge in [-0.05, 0) is 18.1 Å². The molecule has 3 N–H and O–H groups in total. The lowest BCUT2D eigenvalue weighted by molar-refractivity contribution is -0.136. The summed E-state index contributed by atoms with van der Waals surface area (Å²) in [5.74, 6) is -2.05. The summed E-state index contributed by atoms with van der Waals surface area (Å²) in [5, 5.41) is 2.15. The van der Waals surface area contributed by atoms with E-state index in [1.165, 1.54) is 0 Å². The van der Waals surface area contributed by atoms with Crippen molar-refractivity contribution >= 4 is 23.6 Å². The number of nitrogens with one attached hydrogen (secondary N) is 1. The van der Waals surface area contributed by atoms with Gasteiger partial charge < -0.3 is 5.73 Å². The van der Waals surface area contributed by atoms with Crippen molar-refractivity contribution < 1.29 is 19.2 Å². The Morgan fingerprint density at radius 1 is 1.17 bits per heavy atom. The van der Waals surface area contributed by atoms with Crippen LogP contribution in [0.1, 0.15) is 53.0 Å². The highest BCUT2D eigenvalue weighted by molar-refractivity contribution is 6.24. The molecule has 1 saturated heterocycles. The lowest BCUT2D eigenvalue weighted by Gasteiger charge is -2.27. The van der Waals surface area contributed by atoms with Crippen molar-refractivity contribution in [2.45, 2.75) is 39.3 Å². The summed E-state index contributed by atoms with van der Waals surface area (Å²) >= 11 is 0. The molecular weight excluding hydrogens is 298 g/mol. The third-order valence-electron chi connectivity index (χ3n) is 3.77. The van der Waals surface area contributed by atoms with Crippen LogP contribution in [0.3, 0.4) is 0 Å². The number of nitrogens with two attached hydrogens (primary N) is 1. The van der Waals surface area contributed by atoms with Crippen LogP contribution >= 0.6 is 0 Å². The number of hydrogen-bond acceptors (Lipinski definition) is 5. The highest BCUT2D eigenvalue weighted by Gasteiger charge is 2.45. The van der Waals surface area contributed by atoms with Crippen LogP contribution in [0.5, 0.6) is 0 Å². The summed E-state index contributed by atoms with van der Waals surface area (Å²) in [6.07, 6.45) is 0.252. The van der Waals surface area contributed by atoms with Gasteiger partial charge in [-0.1, -0.05) is 26.0 Å². The Bertz CT molecular complexity index is 684. The first-order valence-electron chi connectivity index (χ1n) is 7.58. The molecule has 0 radical (unpaired) electrons. The zero-order valence-corrected chi connectivity index (χ0v) is 13.1. The molecule has 0 aromatic heterocycles. The van der Waals surface area contributed by atoms with Gasteiger partial charge in [-0.2, -0.15) is 0 Å². The molecule has 0 aliphatic carbocycles. The van der Waals surface area contributed by atoms with Crippen LogP contribution in [0.15, 0.2) is 18.2 Å². The van der Waals surface area contributed by atoms with E-state index in [1.54, 1.807) is 18.2 Å². The number of amides is 4. The Labute approximate surface area is 133 Å². The van der Waals surface area contributed by atoms with Crippen molar-refractivity contribution in [1.29, 1.82) is 0 Å². The highest BCUT2D eigenvalue weighted by atomic mass is 16.2. The topological polar surface area (TPSA) is 110 Å². The lowest BCUT2D eigenvalue weighted by Crippen LogP contribution is -2.54. The molecule has 2 aliphatic heterocycles. The third kappa shape index (κ3) is 2.75. The molecule has 23 heavy (non-hydrogen) atoms. The molecule has 1 aromatic carbocycles. The van der Waals surface area contributed by atoms with Gasteiger partial charge in [-0.25, -0.2) is 0 Å². The summed E-state index contributed by atoms with van der Waals surface area (Å²) in [6.45, 7) is 4.13. The number of carbonyl (C=O) groups excluding carboxylic acids is 4. The second-order valence-corrected chi connectivity index (χ2v) is 4.99. The second kappa shape index (κ2) is 6.70. The quantitative estimate of drug-likeness (QED) is 0.775. The summed E-state index contributed by atoms with van der Waals surface area (Å²) in [4.78, 5) is 48.9. The Kier molecular flexibility index (Phi) is 4.90. The minimum atomic E-state index is -0.944. The van der Waals surface area contributed by atoms with E-state index < -0.39 is 29.7 Å². The molecule has 1 atom stereocenters. The van der Waals surface area contributed by atoms with Gasteiger partial charge in [-0.3, -0.25) is 29.4 Å². The smallest absolute Gasteiger partial charge is 0.262 e. The fraction of sp³-hybridized carbons (Fsp3) is 0.375. The normalized spacial score (nSPS) is 20.0. The third-order valence-corrected chi connectivity index (χ3v) is 3.77. The fourth-order valence-electron chi connectivity index (χ4n) is 2.76. The molecule has 0 bridgehead atoms. The van der Waals surface area contributed by atoms with Gasteiger partial charge in [0, 0.05) is 13.0 Å². The van der Waals surface area contributed by atoms with E-state index >= 15 is 0 Å². The zero-order valence-electron chi connectivity index (χ0n) is 13.1. The maximum absolute atomic E-state index is 12.5. The number of nitrogens with zero attached hydrogens (tertiary/aromatic N) is 1. The predicted octanol–water partition coefficient (Wildman–Crippen LogP) is 0.573. The molecule has 1 aromatic rings. The Balaban J connectivity index is 0.000000924. The SMILES string of the molecule is CC.NCc1cccc2c1C(=O)N(C1CCC(=O)NC1=O)C2=O. The highest BCUT2D eigenvalue weighted by Crippen LogP contribution is 2.29. The van der Waals surface area contributed by atoms with Crippen molar-refractivity contribution in [1.82, 2.24) is 10.2 Å². The van der Waals surface area contributed by atoms with E-state index in [1.807, 2.05) is 13.8 Å². The minimum absolute atomic E-state index is 0.105. The summed E-state index contributed by atoms with van der Waals surface area (Å²) in [5.41, 5.74) is 6.68. The van der Waals surface area contributed by atoms with Gasteiger partial charge >= 0.3 is 0 Å². The van der Waals surface area contributed by atoms with Crippen LogP contribution in [0.25, 0.3) is 0 Å². The average Bonchev–Trinajstić information content (AvgIpc) is 2.81. The maximum Gasteiger partial charge on any atom is 0.262 e. The van der Waals surface area contributed by atoms with E-state index in [-0.39, 0.29) is 30.5 Å². The molecular formula is C16H19N3O4. The van der Waals surface area contributed by atoms with Gasteiger partial charge in [-0.15, -0.1) is 0 Å². The number of hydrogen-bond donors (Lipinski definition) is 2. The Morgan fingerprint density at radius 3 is 2.48 bits per heavy atom. The molecule has 7 heteroatoms. The monoisotopic (exact) mass is 317 g/mol. The molecule has 4 amide bonds. The fourth-order valence-corrected chi connectivity index (χ4v) is 2.76. The number of carbonyl (C=O) groups is 4. The van der Waals surface area contributed by atoms with Gasteiger partial charge in [0.25, 0.3) is 11.8 Å². The summed E-state index contributed by atoms with van der Waals surface area (Å²) < 4.78 is 0. The van der Waals surface area contributed by atoms with E-state index in [9.17, 15) is 19.2 Å². The first kappa shape index (κ1) is 16.8. The number of fused-ring (bicyclic) bond motifs is 1. The molecule has 0 saturated carbocycles. The Morgan fingerprint density at radius 2 is 1.87 bits per heavy atom. The van der Waals surface area contributed by atoms with E-state index in [0.29, 0.717) is 5.56 Å². The molecule has 1 fully saturated rings. The lowest BCUT2D eigenvalue weighted by atomic mass is 10.0. The summed E-state index contributed by atoms with van der Waals surface area (Å²) in [6, 6.07) is 3.93. The van der Waals surface area contributed by atoms with Crippen LogP contribution in [0.2, 0.25) is 0 Å². The van der Waals surface area contributed by atoms with E-state index in [0.717, 1.165) is 4.90 Å². The van der Waals surface area contributed by atoms with Gasteiger partial charge in [0.1, 0.15) is 6.04 Å². The molecule has 3 rings (SSSR count). The Hall–Kier alpha value is -2.54. The minimum Gasteiger partial charge on any atom is -0.326 e. The number of piperidine rings is 1. The first-order valence-corrected chi connectivity index (χ1v) is 7.58. The van der Waals surface area contributed by atoms with Crippen LogP contribution in [-0.2, 0) is 16.1 Å². The zero-order chi connectivity index (χ0) is 17.1. The predicted molar refractivity (Wildman–Crippen MR) is 82.4 cm³/mol. The number of imide groups is 2. The second-order valence-electron chi connectivity index (χ2n) is 4.99. The van der Waals surface area contributed by atoms with Crippen LogP contribution in [0.4, 0.5) is 0 Å². The largest absolute Gasteiger partial charge is 0.326 e. The van der Waals surface area contributed by atoms with Crippen molar-refractivity contribution in [2.24, 2.45) is 5.73 Å². The molecule has 122 valence electrons. The van der Waals surface area contributed by atoms with E-state index in [2.05, 4.69) is 5.32 Å². The van der Waals surface area contributed by atoms with E-state index in [4.69, 9.17) is 5.73 Å².